The molecule has 0 radical (unpaired) electrons. The van der Waals surface area contributed by atoms with E-state index < -0.39 is 29.2 Å². The third-order valence-electron chi connectivity index (χ3n) is 2.41. The van der Waals surface area contributed by atoms with Crippen LogP contribution >= 0.6 is 0 Å². The first-order valence-electron chi connectivity index (χ1n) is 5.61. The van der Waals surface area contributed by atoms with Gasteiger partial charge in [0, 0.05) is 19.3 Å². The first-order chi connectivity index (χ1) is 8.86. The van der Waals surface area contributed by atoms with E-state index in [0.717, 1.165) is 18.6 Å². The first kappa shape index (κ1) is 14.9. The lowest BCUT2D eigenvalue weighted by Gasteiger charge is -2.17. The summed E-state index contributed by atoms with van der Waals surface area (Å²) < 4.78 is 26.8. The number of carboxylic acids is 1. The predicted molar refractivity (Wildman–Crippen MR) is 65.3 cm³/mol. The number of carbonyl (C=O) groups excluding carboxylic acids is 1. The van der Waals surface area contributed by atoms with Crippen LogP contribution in [0, 0.1) is 11.6 Å². The zero-order valence-electron chi connectivity index (χ0n) is 10.5. The van der Waals surface area contributed by atoms with Crippen LogP contribution in [-0.4, -0.2) is 35.6 Å². The maximum atomic E-state index is 13.4. The number of anilines is 1. The summed E-state index contributed by atoms with van der Waals surface area (Å²) in [7, 11) is 1.54. The Labute approximate surface area is 108 Å². The minimum atomic E-state index is -1.70. The maximum absolute atomic E-state index is 13.4. The number of rotatable bonds is 4. The highest BCUT2D eigenvalue weighted by Crippen LogP contribution is 2.19. The number of hydrogen-bond donors (Lipinski definition) is 2. The second-order valence-corrected chi connectivity index (χ2v) is 3.97. The average Bonchev–Trinajstić information content (AvgIpc) is 2.27. The molecule has 1 rings (SSSR count). The summed E-state index contributed by atoms with van der Waals surface area (Å²) in [5.74, 6) is -4.17. The molecule has 7 heteroatoms. The molecule has 0 saturated heterocycles. The van der Waals surface area contributed by atoms with Crippen LogP contribution in [0.25, 0.3) is 0 Å². The van der Waals surface area contributed by atoms with Gasteiger partial charge in [-0.1, -0.05) is 6.92 Å². The van der Waals surface area contributed by atoms with Crippen LogP contribution in [0.5, 0.6) is 0 Å². The van der Waals surface area contributed by atoms with Crippen molar-refractivity contribution in [1.82, 2.24) is 4.90 Å². The molecule has 19 heavy (non-hydrogen) atoms. The number of urea groups is 1. The minimum Gasteiger partial charge on any atom is -0.477 e. The molecule has 1 aromatic carbocycles. The van der Waals surface area contributed by atoms with Crippen molar-refractivity contribution in [2.24, 2.45) is 0 Å². The largest absolute Gasteiger partial charge is 0.477 e. The Kier molecular flexibility index (Phi) is 4.80. The van der Waals surface area contributed by atoms with Crippen molar-refractivity contribution in [3.8, 4) is 0 Å². The predicted octanol–water partition coefficient (Wildman–Crippen LogP) is 2.54. The molecule has 0 heterocycles. The first-order valence-corrected chi connectivity index (χ1v) is 5.61. The normalized spacial score (nSPS) is 10.1. The second-order valence-electron chi connectivity index (χ2n) is 3.97. The van der Waals surface area contributed by atoms with Crippen LogP contribution in [-0.2, 0) is 0 Å². The van der Waals surface area contributed by atoms with Gasteiger partial charge in [-0.15, -0.1) is 0 Å². The van der Waals surface area contributed by atoms with Gasteiger partial charge in [0.2, 0.25) is 0 Å². The second kappa shape index (κ2) is 6.12. The van der Waals surface area contributed by atoms with E-state index >= 15 is 0 Å². The topological polar surface area (TPSA) is 69.6 Å². The van der Waals surface area contributed by atoms with E-state index in [0.29, 0.717) is 6.54 Å². The number of halogens is 2. The fraction of sp³-hybridized carbons (Fsp3) is 0.333. The molecule has 2 amide bonds. The van der Waals surface area contributed by atoms with E-state index in [1.165, 1.54) is 11.9 Å². The molecule has 0 fully saturated rings. The quantitative estimate of drug-likeness (QED) is 0.884. The Bertz CT molecular complexity index is 483. The zero-order valence-corrected chi connectivity index (χ0v) is 10.5. The SMILES string of the molecule is CCCN(C)C(=O)Nc1cc(F)c(C(=O)O)c(F)c1. The molecule has 0 atom stereocenters. The van der Waals surface area contributed by atoms with Crippen molar-refractivity contribution < 1.29 is 23.5 Å². The molecule has 5 nitrogen and oxygen atoms in total. The van der Waals surface area contributed by atoms with Gasteiger partial charge in [-0.25, -0.2) is 18.4 Å². The fourth-order valence-corrected chi connectivity index (χ4v) is 1.51. The van der Waals surface area contributed by atoms with Crippen LogP contribution in [0.4, 0.5) is 19.3 Å². The molecule has 0 saturated carbocycles. The summed E-state index contributed by atoms with van der Waals surface area (Å²) in [5, 5.41) is 10.9. The number of nitrogens with zero attached hydrogens (tertiary/aromatic N) is 1. The van der Waals surface area contributed by atoms with Gasteiger partial charge in [-0.2, -0.15) is 0 Å². The van der Waals surface area contributed by atoms with E-state index in [4.69, 9.17) is 5.11 Å². The minimum absolute atomic E-state index is 0.132. The van der Waals surface area contributed by atoms with Crippen LogP contribution in [0.15, 0.2) is 12.1 Å². The van der Waals surface area contributed by atoms with Crippen molar-refractivity contribution >= 4 is 17.7 Å². The lowest BCUT2D eigenvalue weighted by Crippen LogP contribution is -2.32. The summed E-state index contributed by atoms with van der Waals surface area (Å²) in [6, 6.07) is 1.01. The molecule has 104 valence electrons. The number of carbonyl (C=O) groups is 2. The third-order valence-corrected chi connectivity index (χ3v) is 2.41. The van der Waals surface area contributed by atoms with E-state index in [-0.39, 0.29) is 5.69 Å². The third kappa shape index (κ3) is 3.64. The van der Waals surface area contributed by atoms with Gasteiger partial charge in [-0.3, -0.25) is 0 Å². The van der Waals surface area contributed by atoms with E-state index in [1.54, 1.807) is 0 Å². The van der Waals surface area contributed by atoms with E-state index in [1.807, 2.05) is 6.92 Å². The van der Waals surface area contributed by atoms with Gasteiger partial charge in [0.05, 0.1) is 0 Å². The molecule has 0 aliphatic rings. The average molecular weight is 272 g/mol. The molecular formula is C12H14F2N2O3. The standard InChI is InChI=1S/C12H14F2N2O3/c1-3-4-16(2)12(19)15-7-5-8(13)10(11(17)18)9(14)6-7/h5-6H,3-4H2,1-2H3,(H,15,19)(H,17,18). The highest BCUT2D eigenvalue weighted by Gasteiger charge is 2.18. The highest BCUT2D eigenvalue weighted by molar-refractivity contribution is 5.92. The van der Waals surface area contributed by atoms with E-state index in [9.17, 15) is 18.4 Å². The van der Waals surface area contributed by atoms with Crippen molar-refractivity contribution in [3.63, 3.8) is 0 Å². The van der Waals surface area contributed by atoms with Crippen LogP contribution in [0.3, 0.4) is 0 Å². The lowest BCUT2D eigenvalue weighted by atomic mass is 10.2. The summed E-state index contributed by atoms with van der Waals surface area (Å²) in [4.78, 5) is 23.5. The van der Waals surface area contributed by atoms with Gasteiger partial charge >= 0.3 is 12.0 Å². The van der Waals surface area contributed by atoms with Gasteiger partial charge in [0.15, 0.2) is 0 Å². The molecule has 1 aromatic rings. The van der Waals surface area contributed by atoms with Gasteiger partial charge in [0.25, 0.3) is 0 Å². The van der Waals surface area contributed by atoms with Crippen LogP contribution < -0.4 is 5.32 Å². The van der Waals surface area contributed by atoms with Crippen molar-refractivity contribution in [1.29, 1.82) is 0 Å². The maximum Gasteiger partial charge on any atom is 0.341 e. The van der Waals surface area contributed by atoms with Gasteiger partial charge < -0.3 is 15.3 Å². The fourth-order valence-electron chi connectivity index (χ4n) is 1.51. The zero-order chi connectivity index (χ0) is 14.6. The molecular weight excluding hydrogens is 258 g/mol. The Balaban J connectivity index is 2.93. The van der Waals surface area contributed by atoms with E-state index in [2.05, 4.69) is 5.32 Å². The highest BCUT2D eigenvalue weighted by atomic mass is 19.1. The van der Waals surface area contributed by atoms with Crippen molar-refractivity contribution in [3.05, 3.63) is 29.3 Å². The number of nitrogens with one attached hydrogen (secondary N) is 1. The number of benzene rings is 1. The number of hydrogen-bond acceptors (Lipinski definition) is 2. The smallest absolute Gasteiger partial charge is 0.341 e. The Hall–Kier alpha value is -2.18. The molecule has 0 aliphatic carbocycles. The monoisotopic (exact) mass is 272 g/mol. The lowest BCUT2D eigenvalue weighted by molar-refractivity contribution is 0.0686. The van der Waals surface area contributed by atoms with Crippen LogP contribution in [0.1, 0.15) is 23.7 Å². The molecule has 0 spiro atoms. The summed E-state index contributed by atoms with van der Waals surface area (Å²) in [6.07, 6.45) is 0.741. The van der Waals surface area contributed by atoms with Gasteiger partial charge in [-0.05, 0) is 18.6 Å². The van der Waals surface area contributed by atoms with Crippen molar-refractivity contribution in [2.75, 3.05) is 18.9 Å². The summed E-state index contributed by atoms with van der Waals surface area (Å²) >= 11 is 0. The molecule has 0 aromatic heterocycles. The molecule has 0 aliphatic heterocycles. The molecule has 0 unspecified atom stereocenters. The van der Waals surface area contributed by atoms with Crippen molar-refractivity contribution in [2.45, 2.75) is 13.3 Å². The summed E-state index contributed by atoms with van der Waals surface area (Å²) in [5.41, 5.74) is -1.17. The van der Waals surface area contributed by atoms with Gasteiger partial charge in [0.1, 0.15) is 17.2 Å². The Morgan fingerprint density at radius 3 is 2.26 bits per heavy atom. The number of amides is 2. The number of aromatic carboxylic acids is 1. The molecule has 2 N–H and O–H groups in total. The Morgan fingerprint density at radius 2 is 1.84 bits per heavy atom. The molecule has 0 bridgehead atoms. The Morgan fingerprint density at radius 1 is 1.32 bits per heavy atom. The summed E-state index contributed by atoms with van der Waals surface area (Å²) in [6.45, 7) is 2.37. The number of carboxylic acid groups (broad SMARTS) is 1. The van der Waals surface area contributed by atoms with Crippen LogP contribution in [0.2, 0.25) is 0 Å².